The monoisotopic (exact) mass is 447 g/mol. The smallest absolute Gasteiger partial charge is 0.258 e. The summed E-state index contributed by atoms with van der Waals surface area (Å²) in [6.07, 6.45) is 7.15. The van der Waals surface area contributed by atoms with E-state index in [2.05, 4.69) is 17.1 Å². The van der Waals surface area contributed by atoms with Crippen molar-refractivity contribution in [2.24, 2.45) is 17.8 Å². The molecule has 1 aliphatic carbocycles. The lowest BCUT2D eigenvalue weighted by molar-refractivity contribution is -0.127. The molecular formula is C27H33N3O3. The predicted octanol–water partition coefficient (Wildman–Crippen LogP) is 2.92. The summed E-state index contributed by atoms with van der Waals surface area (Å²) >= 11 is 0. The fraction of sp³-hybridized carbons (Fsp3) is 0.481. The molecule has 4 atom stereocenters. The van der Waals surface area contributed by atoms with Crippen LogP contribution in [-0.2, 0) is 11.3 Å². The predicted molar refractivity (Wildman–Crippen MR) is 129 cm³/mol. The summed E-state index contributed by atoms with van der Waals surface area (Å²) in [5.41, 5.74) is 2.55. The van der Waals surface area contributed by atoms with Gasteiger partial charge in [-0.15, -0.1) is 0 Å². The van der Waals surface area contributed by atoms with Crippen molar-refractivity contribution in [2.45, 2.75) is 44.8 Å². The molecule has 0 unspecified atom stereocenters. The average Bonchev–Trinajstić information content (AvgIpc) is 3.63. The Labute approximate surface area is 194 Å². The van der Waals surface area contributed by atoms with Crippen LogP contribution in [0.2, 0.25) is 0 Å². The second kappa shape index (κ2) is 9.27. The fourth-order valence-corrected chi connectivity index (χ4v) is 5.67. The molecule has 6 nitrogen and oxygen atoms in total. The number of benzene rings is 1. The highest BCUT2D eigenvalue weighted by molar-refractivity contribution is 5.81. The van der Waals surface area contributed by atoms with Gasteiger partial charge in [0.25, 0.3) is 5.56 Å². The molecule has 0 radical (unpaired) electrons. The molecule has 33 heavy (non-hydrogen) atoms. The van der Waals surface area contributed by atoms with Crippen LogP contribution in [0.5, 0.6) is 0 Å². The van der Waals surface area contributed by atoms with Gasteiger partial charge in [-0.1, -0.05) is 43.3 Å². The number of carbonyl (C=O) groups is 1. The van der Waals surface area contributed by atoms with Gasteiger partial charge in [-0.05, 0) is 55.5 Å². The minimum absolute atomic E-state index is 0.0171. The standard InChI is InChI=1S/C27H33N3O3/c1-2-14-29-23-16-30-22(13-12-20(27(30)33)11-10-18-6-4-3-5-7-18)25(29)24(21(23)17-31)26(32)28-15-19-8-9-19/h3-7,10-13,19,21,23-25,31H,2,8-9,14-17H2,1H3,(H,28,32)/b11-10+/t21-,23-,24+,25+/m0/s1. The molecule has 5 rings (SSSR count). The van der Waals surface area contributed by atoms with Crippen molar-refractivity contribution < 1.29 is 9.90 Å². The highest BCUT2D eigenvalue weighted by Gasteiger charge is 2.55. The van der Waals surface area contributed by atoms with Crippen LogP contribution in [0.15, 0.2) is 47.3 Å². The molecule has 1 saturated heterocycles. The summed E-state index contributed by atoms with van der Waals surface area (Å²) in [7, 11) is 0. The first-order valence-electron chi connectivity index (χ1n) is 12.2. The van der Waals surface area contributed by atoms with Crippen LogP contribution in [0, 0.1) is 17.8 Å². The molecule has 3 heterocycles. The molecule has 6 heteroatoms. The molecule has 0 spiro atoms. The average molecular weight is 448 g/mol. The molecular weight excluding hydrogens is 414 g/mol. The van der Waals surface area contributed by atoms with E-state index in [9.17, 15) is 14.7 Å². The van der Waals surface area contributed by atoms with E-state index in [-0.39, 0.29) is 42.0 Å². The Kier molecular flexibility index (Phi) is 6.21. The fourth-order valence-electron chi connectivity index (χ4n) is 5.67. The van der Waals surface area contributed by atoms with E-state index in [1.807, 2.05) is 59.2 Å². The van der Waals surface area contributed by atoms with Crippen molar-refractivity contribution in [3.63, 3.8) is 0 Å². The Morgan fingerprint density at radius 1 is 1.15 bits per heavy atom. The van der Waals surface area contributed by atoms with Gasteiger partial charge < -0.3 is 15.0 Å². The van der Waals surface area contributed by atoms with Crippen molar-refractivity contribution >= 4 is 18.1 Å². The molecule has 2 N–H and O–H groups in total. The van der Waals surface area contributed by atoms with Gasteiger partial charge in [0.2, 0.25) is 5.91 Å². The number of carbonyl (C=O) groups excluding carboxylic acids is 1. The third-order valence-electron chi connectivity index (χ3n) is 7.50. The normalized spacial score (nSPS) is 26.5. The number of nitrogens with zero attached hydrogens (tertiary/aromatic N) is 2. The Morgan fingerprint density at radius 2 is 1.94 bits per heavy atom. The second-order valence-electron chi connectivity index (χ2n) is 9.68. The van der Waals surface area contributed by atoms with Gasteiger partial charge in [0.15, 0.2) is 0 Å². The maximum atomic E-state index is 13.4. The molecule has 174 valence electrons. The highest BCUT2D eigenvalue weighted by atomic mass is 16.3. The molecule has 1 aromatic carbocycles. The summed E-state index contributed by atoms with van der Waals surface area (Å²) < 4.78 is 1.85. The largest absolute Gasteiger partial charge is 0.396 e. The number of fused-ring (bicyclic) bond motifs is 4. The maximum absolute atomic E-state index is 13.4. The van der Waals surface area contributed by atoms with E-state index in [1.54, 1.807) is 0 Å². The van der Waals surface area contributed by atoms with Crippen LogP contribution in [-0.4, -0.2) is 46.2 Å². The van der Waals surface area contributed by atoms with Crippen LogP contribution in [0.3, 0.4) is 0 Å². The second-order valence-corrected chi connectivity index (χ2v) is 9.68. The number of rotatable bonds is 8. The molecule has 1 amide bonds. The zero-order valence-electron chi connectivity index (χ0n) is 19.2. The maximum Gasteiger partial charge on any atom is 0.258 e. The Morgan fingerprint density at radius 3 is 2.64 bits per heavy atom. The van der Waals surface area contributed by atoms with Gasteiger partial charge in [0, 0.05) is 42.9 Å². The van der Waals surface area contributed by atoms with Crippen molar-refractivity contribution in [2.75, 3.05) is 19.7 Å². The number of aliphatic hydroxyl groups is 1. The summed E-state index contributed by atoms with van der Waals surface area (Å²) in [5, 5.41) is 13.5. The summed E-state index contributed by atoms with van der Waals surface area (Å²) in [5.74, 6) is 0.0962. The van der Waals surface area contributed by atoms with Crippen LogP contribution in [0.4, 0.5) is 0 Å². The van der Waals surface area contributed by atoms with Gasteiger partial charge in [0.05, 0.1) is 12.0 Å². The molecule has 1 saturated carbocycles. The first-order valence-corrected chi connectivity index (χ1v) is 12.2. The SMILES string of the molecule is CCCN1[C@@H]2c3ccc(/C=C/c4ccccc4)c(=O)n3C[C@H]1[C@H](CO)[C@H]2C(=O)NCC1CC1. The van der Waals surface area contributed by atoms with Gasteiger partial charge in [0.1, 0.15) is 0 Å². The lowest BCUT2D eigenvalue weighted by Crippen LogP contribution is -2.47. The molecule has 2 fully saturated rings. The minimum Gasteiger partial charge on any atom is -0.396 e. The van der Waals surface area contributed by atoms with Crippen LogP contribution >= 0.6 is 0 Å². The van der Waals surface area contributed by atoms with Crippen molar-refractivity contribution in [1.29, 1.82) is 0 Å². The van der Waals surface area contributed by atoms with Gasteiger partial charge in [-0.25, -0.2) is 0 Å². The number of hydrogen-bond acceptors (Lipinski definition) is 4. The number of nitrogens with one attached hydrogen (secondary N) is 1. The number of amides is 1. The van der Waals surface area contributed by atoms with Crippen molar-refractivity contribution in [3.05, 3.63) is 69.6 Å². The van der Waals surface area contributed by atoms with Gasteiger partial charge >= 0.3 is 0 Å². The lowest BCUT2D eigenvalue weighted by Gasteiger charge is -2.38. The zero-order chi connectivity index (χ0) is 22.9. The Balaban J connectivity index is 1.50. The van der Waals surface area contributed by atoms with Gasteiger partial charge in [-0.3, -0.25) is 14.5 Å². The topological polar surface area (TPSA) is 74.6 Å². The van der Waals surface area contributed by atoms with E-state index in [4.69, 9.17) is 0 Å². The number of pyridine rings is 1. The Hall–Kier alpha value is -2.70. The first kappa shape index (κ1) is 22.1. The Bertz CT molecular complexity index is 1090. The molecule has 1 aromatic heterocycles. The quantitative estimate of drug-likeness (QED) is 0.653. The summed E-state index contributed by atoms with van der Waals surface area (Å²) in [6.45, 7) is 4.16. The molecule has 2 bridgehead atoms. The van der Waals surface area contributed by atoms with Crippen LogP contribution in [0.1, 0.15) is 49.0 Å². The summed E-state index contributed by atoms with van der Waals surface area (Å²) in [6, 6.07) is 13.6. The van der Waals surface area contributed by atoms with Gasteiger partial charge in [-0.2, -0.15) is 0 Å². The van der Waals surface area contributed by atoms with Crippen LogP contribution < -0.4 is 10.9 Å². The third kappa shape index (κ3) is 4.18. The van der Waals surface area contributed by atoms with Crippen molar-refractivity contribution in [1.82, 2.24) is 14.8 Å². The first-order chi connectivity index (χ1) is 16.1. The number of aromatic nitrogens is 1. The van der Waals surface area contributed by atoms with Crippen LogP contribution in [0.25, 0.3) is 12.2 Å². The zero-order valence-corrected chi connectivity index (χ0v) is 19.2. The number of hydrogen-bond donors (Lipinski definition) is 2. The molecule has 3 aliphatic rings. The van der Waals surface area contributed by atoms with E-state index >= 15 is 0 Å². The van der Waals surface area contributed by atoms with E-state index in [0.717, 1.165) is 24.2 Å². The lowest BCUT2D eigenvalue weighted by atomic mass is 9.86. The van der Waals surface area contributed by atoms with E-state index in [0.29, 0.717) is 24.6 Å². The summed E-state index contributed by atoms with van der Waals surface area (Å²) in [4.78, 5) is 29.1. The van der Waals surface area contributed by atoms with E-state index < -0.39 is 0 Å². The van der Waals surface area contributed by atoms with E-state index in [1.165, 1.54) is 12.8 Å². The third-order valence-corrected chi connectivity index (χ3v) is 7.50. The molecule has 2 aromatic rings. The minimum atomic E-state index is -0.343. The number of aliphatic hydroxyl groups excluding tert-OH is 1. The highest BCUT2D eigenvalue weighted by Crippen LogP contribution is 2.48. The molecule has 2 aliphatic heterocycles. The van der Waals surface area contributed by atoms with Crippen molar-refractivity contribution in [3.8, 4) is 0 Å².